The summed E-state index contributed by atoms with van der Waals surface area (Å²) in [6, 6.07) is 46.3. The molecular formula is C42H24F2N4. The Morgan fingerprint density at radius 2 is 0.729 bits per heavy atom. The van der Waals surface area contributed by atoms with Gasteiger partial charge < -0.3 is 0 Å². The largest absolute Gasteiger partial charge is 0.245 e. The van der Waals surface area contributed by atoms with E-state index in [1.165, 1.54) is 12.1 Å². The summed E-state index contributed by atoms with van der Waals surface area (Å²) in [7, 11) is 0. The summed E-state index contributed by atoms with van der Waals surface area (Å²) in [5, 5.41) is 3.45. The lowest BCUT2D eigenvalue weighted by Crippen LogP contribution is -1.94. The van der Waals surface area contributed by atoms with Crippen molar-refractivity contribution < 1.29 is 8.78 Å². The standard InChI is InChI=1S/C42H24F2N4/c43-37-23-33(25-7-3-1-4-8-25)31-19-15-29-17-21-35(45-39(29)41(31)47-37)27-11-13-28(14-12-27)36-22-18-30-16-20-32-34(26-9-5-2-6-10-26)24-38(44)48-42(32)40(30)46-36/h1-24H. The van der Waals surface area contributed by atoms with Gasteiger partial charge in [-0.25, -0.2) is 19.9 Å². The van der Waals surface area contributed by atoms with Crippen molar-refractivity contribution in [2.45, 2.75) is 0 Å². The maximum Gasteiger partial charge on any atom is 0.214 e. The molecule has 0 fully saturated rings. The third-order valence-electron chi connectivity index (χ3n) is 8.86. The third kappa shape index (κ3) is 4.74. The van der Waals surface area contributed by atoms with Crippen LogP contribution in [0.15, 0.2) is 146 Å². The van der Waals surface area contributed by atoms with Gasteiger partial charge in [0.25, 0.3) is 0 Å². The van der Waals surface area contributed by atoms with Gasteiger partial charge in [-0.05, 0) is 34.4 Å². The number of hydrogen-bond acceptors (Lipinski definition) is 4. The predicted octanol–water partition coefficient (Wildman–Crippen LogP) is 10.8. The van der Waals surface area contributed by atoms with Crippen LogP contribution in [0.3, 0.4) is 0 Å². The zero-order valence-electron chi connectivity index (χ0n) is 25.4. The van der Waals surface area contributed by atoms with Gasteiger partial charge in [0.2, 0.25) is 11.9 Å². The van der Waals surface area contributed by atoms with Crippen LogP contribution in [0.25, 0.3) is 88.4 Å². The summed E-state index contributed by atoms with van der Waals surface area (Å²) >= 11 is 0. The summed E-state index contributed by atoms with van der Waals surface area (Å²) in [4.78, 5) is 18.5. The third-order valence-corrected chi connectivity index (χ3v) is 8.86. The Hall–Kier alpha value is -6.40. The number of hydrogen-bond donors (Lipinski definition) is 0. The average molecular weight is 623 g/mol. The normalized spacial score (nSPS) is 11.5. The van der Waals surface area contributed by atoms with E-state index in [0.29, 0.717) is 22.1 Å². The highest BCUT2D eigenvalue weighted by Gasteiger charge is 2.15. The first kappa shape index (κ1) is 27.9. The van der Waals surface area contributed by atoms with E-state index >= 15 is 0 Å². The Labute approximate surface area is 274 Å². The molecule has 0 atom stereocenters. The molecule has 0 spiro atoms. The van der Waals surface area contributed by atoms with E-state index < -0.39 is 11.9 Å². The quantitative estimate of drug-likeness (QED) is 0.145. The molecule has 0 aliphatic heterocycles. The Morgan fingerprint density at radius 1 is 0.333 bits per heavy atom. The van der Waals surface area contributed by atoms with Gasteiger partial charge in [-0.3, -0.25) is 0 Å². The van der Waals surface area contributed by atoms with Crippen molar-refractivity contribution in [2.75, 3.05) is 0 Å². The van der Waals surface area contributed by atoms with Crippen LogP contribution >= 0.6 is 0 Å². The Kier molecular flexibility index (Phi) is 6.47. The molecular weight excluding hydrogens is 598 g/mol. The van der Waals surface area contributed by atoms with Gasteiger partial charge in [0.1, 0.15) is 11.0 Å². The number of fused-ring (bicyclic) bond motifs is 6. The second-order valence-corrected chi connectivity index (χ2v) is 11.8. The van der Waals surface area contributed by atoms with Crippen molar-refractivity contribution in [1.29, 1.82) is 0 Å². The van der Waals surface area contributed by atoms with Crippen LogP contribution in [0.4, 0.5) is 8.78 Å². The number of pyridine rings is 4. The van der Waals surface area contributed by atoms with Crippen LogP contribution < -0.4 is 0 Å². The van der Waals surface area contributed by atoms with Gasteiger partial charge in [-0.2, -0.15) is 8.78 Å². The average Bonchev–Trinajstić information content (AvgIpc) is 3.14. The maximum atomic E-state index is 14.9. The molecule has 48 heavy (non-hydrogen) atoms. The zero-order valence-corrected chi connectivity index (χ0v) is 25.4. The molecule has 9 rings (SSSR count). The van der Waals surface area contributed by atoms with Gasteiger partial charge in [-0.1, -0.05) is 121 Å². The van der Waals surface area contributed by atoms with Crippen LogP contribution in [-0.4, -0.2) is 19.9 Å². The molecule has 4 nitrogen and oxygen atoms in total. The highest BCUT2D eigenvalue weighted by Crippen LogP contribution is 2.35. The van der Waals surface area contributed by atoms with Crippen LogP contribution in [-0.2, 0) is 0 Å². The van der Waals surface area contributed by atoms with Gasteiger partial charge >= 0.3 is 0 Å². The summed E-state index contributed by atoms with van der Waals surface area (Å²) in [5.41, 5.74) is 9.04. The lowest BCUT2D eigenvalue weighted by Gasteiger charge is -2.11. The predicted molar refractivity (Wildman–Crippen MR) is 189 cm³/mol. The maximum absolute atomic E-state index is 14.9. The minimum atomic E-state index is -0.546. The molecule has 4 aromatic heterocycles. The topological polar surface area (TPSA) is 51.6 Å². The van der Waals surface area contributed by atoms with Crippen molar-refractivity contribution in [3.8, 4) is 44.8 Å². The van der Waals surface area contributed by atoms with E-state index in [9.17, 15) is 8.78 Å². The van der Waals surface area contributed by atoms with Gasteiger partial charge in [0.15, 0.2) is 0 Å². The summed E-state index contributed by atoms with van der Waals surface area (Å²) in [6.45, 7) is 0. The molecule has 0 bridgehead atoms. The first-order chi connectivity index (χ1) is 23.6. The molecule has 5 aromatic carbocycles. The zero-order chi connectivity index (χ0) is 32.2. The fraction of sp³-hybridized carbons (Fsp3) is 0. The first-order valence-electron chi connectivity index (χ1n) is 15.6. The first-order valence-corrected chi connectivity index (χ1v) is 15.6. The minimum absolute atomic E-state index is 0.526. The highest BCUT2D eigenvalue weighted by atomic mass is 19.1. The van der Waals surface area contributed by atoms with Crippen LogP contribution in [0, 0.1) is 11.9 Å². The number of nitrogens with zero attached hydrogens (tertiary/aromatic N) is 4. The van der Waals surface area contributed by atoms with Crippen molar-refractivity contribution >= 4 is 43.6 Å². The van der Waals surface area contributed by atoms with E-state index in [4.69, 9.17) is 9.97 Å². The molecule has 0 aliphatic rings. The monoisotopic (exact) mass is 622 g/mol. The van der Waals surface area contributed by atoms with E-state index in [2.05, 4.69) is 9.97 Å². The Morgan fingerprint density at radius 3 is 1.15 bits per heavy atom. The molecule has 0 amide bonds. The second kappa shape index (κ2) is 11.1. The van der Waals surface area contributed by atoms with Crippen molar-refractivity contribution in [2.24, 2.45) is 0 Å². The number of rotatable bonds is 4. The SMILES string of the molecule is Fc1cc(-c2ccccc2)c2ccc3ccc(-c4ccc(-c5ccc6ccc7c(-c8ccccc8)cc(F)nc7c6n5)cc4)nc3c2n1. The molecule has 0 aliphatic carbocycles. The van der Waals surface area contributed by atoms with Gasteiger partial charge in [0.05, 0.1) is 22.4 Å². The minimum Gasteiger partial charge on any atom is -0.245 e. The molecule has 0 saturated carbocycles. The molecule has 0 N–H and O–H groups in total. The number of aromatic nitrogens is 4. The molecule has 9 aromatic rings. The fourth-order valence-electron chi connectivity index (χ4n) is 6.53. The van der Waals surface area contributed by atoms with E-state index in [1.807, 2.05) is 133 Å². The highest BCUT2D eigenvalue weighted by molar-refractivity contribution is 6.09. The lowest BCUT2D eigenvalue weighted by atomic mass is 9.99. The molecule has 226 valence electrons. The van der Waals surface area contributed by atoms with Crippen LogP contribution in [0.1, 0.15) is 0 Å². The smallest absolute Gasteiger partial charge is 0.214 e. The molecule has 4 heterocycles. The van der Waals surface area contributed by atoms with E-state index in [0.717, 1.165) is 66.3 Å². The number of halogens is 2. The molecule has 0 radical (unpaired) electrons. The molecule has 6 heteroatoms. The van der Waals surface area contributed by atoms with E-state index in [-0.39, 0.29) is 0 Å². The van der Waals surface area contributed by atoms with Crippen molar-refractivity contribution in [3.63, 3.8) is 0 Å². The Bertz CT molecular complexity index is 2490. The van der Waals surface area contributed by atoms with Crippen LogP contribution in [0.2, 0.25) is 0 Å². The fourth-order valence-corrected chi connectivity index (χ4v) is 6.53. The van der Waals surface area contributed by atoms with Crippen molar-refractivity contribution in [3.05, 3.63) is 157 Å². The van der Waals surface area contributed by atoms with Crippen molar-refractivity contribution in [1.82, 2.24) is 19.9 Å². The lowest BCUT2D eigenvalue weighted by molar-refractivity contribution is 0.589. The van der Waals surface area contributed by atoms with Crippen LogP contribution in [0.5, 0.6) is 0 Å². The molecule has 0 saturated heterocycles. The van der Waals surface area contributed by atoms with Gasteiger partial charge in [0, 0.05) is 44.8 Å². The summed E-state index contributed by atoms with van der Waals surface area (Å²) in [5.74, 6) is -1.09. The summed E-state index contributed by atoms with van der Waals surface area (Å²) in [6.07, 6.45) is 0. The van der Waals surface area contributed by atoms with Gasteiger partial charge in [-0.15, -0.1) is 0 Å². The second-order valence-electron chi connectivity index (χ2n) is 11.8. The number of benzene rings is 5. The summed E-state index contributed by atoms with van der Waals surface area (Å²) < 4.78 is 29.7. The van der Waals surface area contributed by atoms with E-state index in [1.54, 1.807) is 0 Å². The Balaban J connectivity index is 1.12. The molecule has 0 unspecified atom stereocenters.